The Balaban J connectivity index is 1.37. The molecule has 2 heterocycles. The fraction of sp³-hybridized carbons (Fsp3) is 0.409. The van der Waals surface area contributed by atoms with Gasteiger partial charge in [0.2, 0.25) is 5.88 Å². The third kappa shape index (κ3) is 4.15. The number of ether oxygens (including phenoxy) is 1. The van der Waals surface area contributed by atoms with Gasteiger partial charge in [-0.2, -0.15) is 0 Å². The van der Waals surface area contributed by atoms with Gasteiger partial charge >= 0.3 is 0 Å². The van der Waals surface area contributed by atoms with Gasteiger partial charge in [0.1, 0.15) is 5.75 Å². The minimum atomic E-state index is 0.0320. The van der Waals surface area contributed by atoms with E-state index in [0.29, 0.717) is 22.9 Å². The molecule has 28 heavy (non-hydrogen) atoms. The van der Waals surface area contributed by atoms with Gasteiger partial charge in [-0.05, 0) is 37.5 Å². The highest BCUT2D eigenvalue weighted by molar-refractivity contribution is 5.94. The van der Waals surface area contributed by atoms with Crippen molar-refractivity contribution in [3.63, 3.8) is 0 Å². The molecule has 6 nitrogen and oxygen atoms in total. The van der Waals surface area contributed by atoms with Crippen molar-refractivity contribution in [1.82, 2.24) is 14.8 Å². The lowest BCUT2D eigenvalue weighted by atomic mass is 9.91. The second-order valence-corrected chi connectivity index (χ2v) is 7.36. The highest BCUT2D eigenvalue weighted by Crippen LogP contribution is 2.26. The van der Waals surface area contributed by atoms with Crippen LogP contribution in [0.25, 0.3) is 4.85 Å². The monoisotopic (exact) mass is 376 g/mol. The molecule has 4 rings (SSSR count). The van der Waals surface area contributed by atoms with Gasteiger partial charge in [0.25, 0.3) is 5.91 Å². The lowest BCUT2D eigenvalue weighted by Crippen LogP contribution is -2.42. The van der Waals surface area contributed by atoms with Gasteiger partial charge in [0.05, 0.1) is 12.1 Å². The number of benzene rings is 1. The summed E-state index contributed by atoms with van der Waals surface area (Å²) >= 11 is 0. The van der Waals surface area contributed by atoms with Gasteiger partial charge in [-0.15, -0.1) is 0 Å². The van der Waals surface area contributed by atoms with Crippen LogP contribution < -0.4 is 4.74 Å². The van der Waals surface area contributed by atoms with Crippen LogP contribution in [0, 0.1) is 6.57 Å². The maximum atomic E-state index is 12.9. The van der Waals surface area contributed by atoms with E-state index >= 15 is 0 Å². The quantitative estimate of drug-likeness (QED) is 0.753. The Kier molecular flexibility index (Phi) is 5.54. The summed E-state index contributed by atoms with van der Waals surface area (Å²) in [7, 11) is 0. The lowest BCUT2D eigenvalue weighted by molar-refractivity contribution is 0.0749. The van der Waals surface area contributed by atoms with Gasteiger partial charge in [-0.1, -0.05) is 18.6 Å². The van der Waals surface area contributed by atoms with Gasteiger partial charge in [0, 0.05) is 44.5 Å². The number of rotatable bonds is 4. The Morgan fingerprint density at radius 3 is 2.71 bits per heavy atom. The number of carbonyl (C=O) groups excluding carboxylic acids is 1. The van der Waals surface area contributed by atoms with Crippen molar-refractivity contribution in [2.24, 2.45) is 0 Å². The second kappa shape index (κ2) is 8.41. The van der Waals surface area contributed by atoms with Crippen LogP contribution in [0.15, 0.2) is 42.6 Å². The Morgan fingerprint density at radius 2 is 2.00 bits per heavy atom. The average molecular weight is 376 g/mol. The molecule has 1 amide bonds. The molecule has 0 spiro atoms. The van der Waals surface area contributed by atoms with E-state index in [4.69, 9.17) is 11.3 Å². The van der Waals surface area contributed by atoms with Crippen molar-refractivity contribution in [3.05, 3.63) is 59.6 Å². The fourth-order valence-corrected chi connectivity index (χ4v) is 3.74. The molecule has 1 aromatic heterocycles. The average Bonchev–Trinajstić information content (AvgIpc) is 2.93. The Hall–Kier alpha value is -2.91. The summed E-state index contributed by atoms with van der Waals surface area (Å²) in [5.74, 6) is 0.999. The molecule has 1 aliphatic heterocycles. The zero-order valence-electron chi connectivity index (χ0n) is 15.9. The third-order valence-corrected chi connectivity index (χ3v) is 5.56. The first-order chi connectivity index (χ1) is 13.7. The van der Waals surface area contributed by atoms with Gasteiger partial charge in [-0.3, -0.25) is 9.69 Å². The maximum absolute atomic E-state index is 12.9. The number of aromatic nitrogens is 1. The molecule has 6 heteroatoms. The minimum Gasteiger partial charge on any atom is -0.440 e. The summed E-state index contributed by atoms with van der Waals surface area (Å²) in [4.78, 5) is 25.0. The third-order valence-electron chi connectivity index (χ3n) is 5.56. The van der Waals surface area contributed by atoms with E-state index < -0.39 is 0 Å². The molecule has 0 bridgehead atoms. The van der Waals surface area contributed by atoms with Crippen LogP contribution in [0.5, 0.6) is 11.6 Å². The smallest absolute Gasteiger partial charge is 0.255 e. The van der Waals surface area contributed by atoms with E-state index in [2.05, 4.69) is 14.7 Å². The van der Waals surface area contributed by atoms with Crippen LogP contribution in [0.2, 0.25) is 0 Å². The zero-order valence-corrected chi connectivity index (χ0v) is 15.9. The molecule has 144 valence electrons. The molecule has 0 radical (unpaired) electrons. The van der Waals surface area contributed by atoms with Crippen LogP contribution in [0.3, 0.4) is 0 Å². The Morgan fingerprint density at radius 1 is 1.11 bits per heavy atom. The molecule has 2 aliphatic rings. The molecule has 1 aromatic carbocycles. The fourth-order valence-electron chi connectivity index (χ4n) is 3.74. The molecule has 2 aromatic rings. The number of hydrogen-bond acceptors (Lipinski definition) is 4. The second-order valence-electron chi connectivity index (χ2n) is 7.36. The molecule has 0 N–H and O–H groups in total. The Bertz CT molecular complexity index is 871. The first kappa shape index (κ1) is 18.5. The van der Waals surface area contributed by atoms with Crippen molar-refractivity contribution in [3.8, 4) is 11.6 Å². The van der Waals surface area contributed by atoms with Gasteiger partial charge in [-0.25, -0.2) is 9.83 Å². The molecule has 0 atom stereocenters. The highest BCUT2D eigenvalue weighted by Gasteiger charge is 2.28. The van der Waals surface area contributed by atoms with Crippen molar-refractivity contribution >= 4 is 11.6 Å². The summed E-state index contributed by atoms with van der Waals surface area (Å²) < 4.78 is 5.69. The molecule has 1 saturated carbocycles. The van der Waals surface area contributed by atoms with Crippen LogP contribution in [-0.4, -0.2) is 52.9 Å². The lowest BCUT2D eigenvalue weighted by Gasteiger charge is -2.36. The largest absolute Gasteiger partial charge is 0.440 e. The summed E-state index contributed by atoms with van der Waals surface area (Å²) in [6.07, 6.45) is 6.54. The van der Waals surface area contributed by atoms with E-state index in [1.54, 1.807) is 42.6 Å². The van der Waals surface area contributed by atoms with Crippen LogP contribution in [0.4, 0.5) is 5.69 Å². The number of hydrogen-bond donors (Lipinski definition) is 0. The normalized spacial score (nSPS) is 18.0. The number of amides is 1. The SMILES string of the molecule is [C-]#[N+]c1cccc(Oc2ccc(C(=O)N3CCCN(C4CCC4)CC3)cn2)c1. The zero-order chi connectivity index (χ0) is 19.3. The standard InChI is InChI=1S/C22H24N4O2/c1-23-18-5-2-8-20(15-18)28-21-10-9-17(16-24-21)22(27)26-12-4-11-25(13-14-26)19-6-3-7-19/h2,5,8-10,15-16,19H,3-4,6-7,11-14H2. The van der Waals surface area contributed by atoms with Gasteiger partial charge in [0.15, 0.2) is 5.69 Å². The van der Waals surface area contributed by atoms with Crippen molar-refractivity contribution in [1.29, 1.82) is 0 Å². The summed E-state index contributed by atoms with van der Waals surface area (Å²) in [5.41, 5.74) is 1.10. The van der Waals surface area contributed by atoms with E-state index in [0.717, 1.165) is 38.6 Å². The highest BCUT2D eigenvalue weighted by atomic mass is 16.5. The van der Waals surface area contributed by atoms with E-state index in [1.165, 1.54) is 19.3 Å². The maximum Gasteiger partial charge on any atom is 0.255 e. The molecule has 0 unspecified atom stereocenters. The predicted molar refractivity (Wildman–Crippen MR) is 107 cm³/mol. The molecule has 2 fully saturated rings. The van der Waals surface area contributed by atoms with Crippen molar-refractivity contribution in [2.45, 2.75) is 31.7 Å². The predicted octanol–water partition coefficient (Wildman–Crippen LogP) is 4.13. The molecular formula is C22H24N4O2. The first-order valence-electron chi connectivity index (χ1n) is 9.88. The first-order valence-corrected chi connectivity index (χ1v) is 9.88. The number of pyridine rings is 1. The van der Waals surface area contributed by atoms with E-state index in [1.807, 2.05) is 4.90 Å². The topological polar surface area (TPSA) is 50.0 Å². The summed E-state index contributed by atoms with van der Waals surface area (Å²) in [6, 6.07) is 11.1. The van der Waals surface area contributed by atoms with E-state index in [9.17, 15) is 4.79 Å². The number of carbonyl (C=O) groups is 1. The molecular weight excluding hydrogens is 352 g/mol. The molecule has 1 aliphatic carbocycles. The number of nitrogens with zero attached hydrogens (tertiary/aromatic N) is 4. The van der Waals surface area contributed by atoms with Gasteiger partial charge < -0.3 is 9.64 Å². The van der Waals surface area contributed by atoms with Crippen LogP contribution in [-0.2, 0) is 0 Å². The van der Waals surface area contributed by atoms with E-state index in [-0.39, 0.29) is 5.91 Å². The van der Waals surface area contributed by atoms with Crippen LogP contribution in [0.1, 0.15) is 36.0 Å². The van der Waals surface area contributed by atoms with Crippen molar-refractivity contribution in [2.75, 3.05) is 26.2 Å². The Labute approximate surface area is 165 Å². The molecule has 1 saturated heterocycles. The summed E-state index contributed by atoms with van der Waals surface area (Å²) in [5, 5.41) is 0. The van der Waals surface area contributed by atoms with Crippen molar-refractivity contribution < 1.29 is 9.53 Å². The minimum absolute atomic E-state index is 0.0320. The van der Waals surface area contributed by atoms with Crippen LogP contribution >= 0.6 is 0 Å². The summed E-state index contributed by atoms with van der Waals surface area (Å²) in [6.45, 7) is 10.7.